The number of rotatable bonds is 6. The Morgan fingerprint density at radius 1 is 1.04 bits per heavy atom. The van der Waals surface area contributed by atoms with Gasteiger partial charge in [-0.25, -0.2) is 10.2 Å². The molecule has 0 saturated heterocycles. The van der Waals surface area contributed by atoms with E-state index in [1.165, 1.54) is 32.4 Å². The first kappa shape index (κ1) is 19.4. The predicted octanol–water partition coefficient (Wildman–Crippen LogP) is 1.49. The van der Waals surface area contributed by atoms with E-state index in [1.807, 2.05) is 5.43 Å². The summed E-state index contributed by atoms with van der Waals surface area (Å²) in [7, 11) is 2.88. The minimum atomic E-state index is -1.13. The zero-order valence-electron chi connectivity index (χ0n) is 14.6. The zero-order valence-corrected chi connectivity index (χ0v) is 14.6. The molecular weight excluding hydrogens is 354 g/mol. The summed E-state index contributed by atoms with van der Waals surface area (Å²) in [6.45, 7) is 0. The molecule has 2 aromatic rings. The smallest absolute Gasteiger partial charge is 0.336 e. The molecule has 3 N–H and O–H groups in total. The number of carbonyl (C=O) groups excluding carboxylic acids is 2. The Balaban J connectivity index is 2.05. The van der Waals surface area contributed by atoms with Gasteiger partial charge in [0.2, 0.25) is 0 Å². The molecular formula is C18H17N3O6. The summed E-state index contributed by atoms with van der Waals surface area (Å²) in [4.78, 5) is 35.0. The number of hydrogen-bond donors (Lipinski definition) is 3. The van der Waals surface area contributed by atoms with E-state index in [0.717, 1.165) is 6.21 Å². The summed E-state index contributed by atoms with van der Waals surface area (Å²) in [5.41, 5.74) is 2.58. The van der Waals surface area contributed by atoms with Crippen LogP contribution in [-0.2, 0) is 9.59 Å². The molecule has 0 atom stereocenters. The van der Waals surface area contributed by atoms with Gasteiger partial charge in [0.25, 0.3) is 0 Å². The van der Waals surface area contributed by atoms with Crippen molar-refractivity contribution in [2.45, 2.75) is 0 Å². The Bertz CT molecular complexity index is 894. The quantitative estimate of drug-likeness (QED) is 0.401. The molecule has 27 heavy (non-hydrogen) atoms. The van der Waals surface area contributed by atoms with E-state index in [0.29, 0.717) is 11.5 Å². The molecule has 0 saturated carbocycles. The molecule has 0 aliphatic rings. The predicted molar refractivity (Wildman–Crippen MR) is 97.3 cm³/mol. The van der Waals surface area contributed by atoms with Gasteiger partial charge in [-0.15, -0.1) is 0 Å². The lowest BCUT2D eigenvalue weighted by molar-refractivity contribution is -0.136. The third-order valence-corrected chi connectivity index (χ3v) is 3.42. The minimum Gasteiger partial charge on any atom is -0.497 e. The molecule has 0 aliphatic carbocycles. The molecule has 2 amide bonds. The van der Waals surface area contributed by atoms with Gasteiger partial charge >= 0.3 is 17.8 Å². The molecule has 0 radical (unpaired) electrons. The number of carboxylic acids is 1. The summed E-state index contributed by atoms with van der Waals surface area (Å²) in [6.07, 6.45) is 1.14. The fourth-order valence-corrected chi connectivity index (χ4v) is 2.11. The Hall–Kier alpha value is -3.88. The fraction of sp³-hybridized carbons (Fsp3) is 0.111. The van der Waals surface area contributed by atoms with E-state index in [-0.39, 0.29) is 16.8 Å². The first-order valence-corrected chi connectivity index (χ1v) is 7.65. The van der Waals surface area contributed by atoms with Crippen LogP contribution in [0.25, 0.3) is 0 Å². The van der Waals surface area contributed by atoms with E-state index < -0.39 is 17.8 Å². The largest absolute Gasteiger partial charge is 0.497 e. The number of amides is 2. The molecule has 2 aromatic carbocycles. The highest BCUT2D eigenvalue weighted by atomic mass is 16.5. The molecule has 0 bridgehead atoms. The Kier molecular flexibility index (Phi) is 6.48. The average molecular weight is 371 g/mol. The molecule has 0 unspecified atom stereocenters. The van der Waals surface area contributed by atoms with E-state index in [1.54, 1.807) is 24.3 Å². The van der Waals surface area contributed by atoms with Crippen molar-refractivity contribution in [3.8, 4) is 11.5 Å². The molecule has 140 valence electrons. The van der Waals surface area contributed by atoms with Crippen molar-refractivity contribution < 1.29 is 29.0 Å². The number of hydrazone groups is 1. The van der Waals surface area contributed by atoms with Gasteiger partial charge in [-0.3, -0.25) is 9.59 Å². The van der Waals surface area contributed by atoms with Crippen molar-refractivity contribution in [3.63, 3.8) is 0 Å². The lowest BCUT2D eigenvalue weighted by Gasteiger charge is -2.11. The summed E-state index contributed by atoms with van der Waals surface area (Å²) in [6, 6.07) is 10.8. The van der Waals surface area contributed by atoms with Crippen molar-refractivity contribution in [1.82, 2.24) is 5.43 Å². The molecule has 0 aliphatic heterocycles. The maximum atomic E-state index is 12.0. The van der Waals surface area contributed by atoms with Crippen molar-refractivity contribution >= 4 is 29.7 Å². The highest BCUT2D eigenvalue weighted by Gasteiger charge is 2.16. The summed E-state index contributed by atoms with van der Waals surface area (Å²) in [5.74, 6) is -2.34. The van der Waals surface area contributed by atoms with E-state index in [9.17, 15) is 14.4 Å². The minimum absolute atomic E-state index is 0.0149. The van der Waals surface area contributed by atoms with Gasteiger partial charge in [-0.1, -0.05) is 18.2 Å². The molecule has 0 heterocycles. The molecule has 9 nitrogen and oxygen atoms in total. The monoisotopic (exact) mass is 371 g/mol. The van der Waals surface area contributed by atoms with Crippen LogP contribution in [0.1, 0.15) is 15.9 Å². The van der Waals surface area contributed by atoms with Crippen LogP contribution >= 0.6 is 0 Å². The Morgan fingerprint density at radius 2 is 1.78 bits per heavy atom. The van der Waals surface area contributed by atoms with Crippen LogP contribution < -0.4 is 20.2 Å². The summed E-state index contributed by atoms with van der Waals surface area (Å²) in [5, 5.41) is 15.1. The topological polar surface area (TPSA) is 126 Å². The average Bonchev–Trinajstić information content (AvgIpc) is 2.67. The van der Waals surface area contributed by atoms with Crippen LogP contribution in [0.2, 0.25) is 0 Å². The molecule has 0 fully saturated rings. The summed E-state index contributed by atoms with van der Waals surface area (Å²) >= 11 is 0. The maximum absolute atomic E-state index is 12.0. The lowest BCUT2D eigenvalue weighted by Crippen LogP contribution is -2.32. The second kappa shape index (κ2) is 8.99. The lowest BCUT2D eigenvalue weighted by atomic mass is 10.1. The number of ether oxygens (including phenoxy) is 2. The first-order valence-electron chi connectivity index (χ1n) is 7.65. The van der Waals surface area contributed by atoms with Gasteiger partial charge in [0, 0.05) is 11.6 Å². The number of carboxylic acid groups (broad SMARTS) is 1. The number of nitrogens with zero attached hydrogens (tertiary/aromatic N) is 1. The Morgan fingerprint density at radius 3 is 2.44 bits per heavy atom. The van der Waals surface area contributed by atoms with Crippen LogP contribution in [0, 0.1) is 0 Å². The number of carbonyl (C=O) groups is 3. The van der Waals surface area contributed by atoms with Crippen molar-refractivity contribution in [2.75, 3.05) is 19.5 Å². The van der Waals surface area contributed by atoms with Gasteiger partial charge in [0.15, 0.2) is 0 Å². The normalized spacial score (nSPS) is 10.3. The zero-order chi connectivity index (χ0) is 19.8. The number of methoxy groups -OCH3 is 2. The van der Waals surface area contributed by atoms with Gasteiger partial charge < -0.3 is 19.9 Å². The Labute approximate surface area is 154 Å². The second-order valence-electron chi connectivity index (χ2n) is 5.11. The number of aromatic carboxylic acids is 1. The van der Waals surface area contributed by atoms with Crippen LogP contribution in [0.15, 0.2) is 47.6 Å². The molecule has 2 rings (SSSR count). The van der Waals surface area contributed by atoms with Crippen LogP contribution in [-0.4, -0.2) is 43.3 Å². The van der Waals surface area contributed by atoms with Gasteiger partial charge in [0.05, 0.1) is 31.7 Å². The van der Waals surface area contributed by atoms with Gasteiger partial charge in [-0.05, 0) is 18.2 Å². The van der Waals surface area contributed by atoms with Crippen LogP contribution in [0.4, 0.5) is 5.69 Å². The third kappa shape index (κ3) is 5.05. The first-order chi connectivity index (χ1) is 13.0. The number of anilines is 1. The number of hydrogen-bond acceptors (Lipinski definition) is 6. The number of benzene rings is 2. The third-order valence-electron chi connectivity index (χ3n) is 3.42. The molecule has 0 spiro atoms. The molecule has 9 heteroatoms. The van der Waals surface area contributed by atoms with Crippen molar-refractivity contribution in [2.24, 2.45) is 5.10 Å². The van der Waals surface area contributed by atoms with Crippen molar-refractivity contribution in [1.29, 1.82) is 0 Å². The van der Waals surface area contributed by atoms with Gasteiger partial charge in [0.1, 0.15) is 11.5 Å². The van der Waals surface area contributed by atoms with E-state index in [4.69, 9.17) is 14.6 Å². The standard InChI is InChI=1S/C18H17N3O6/c1-26-12-7-8-15(27-2)14(9-12)20-16(22)17(23)21-19-10-11-5-3-4-6-13(11)18(24)25/h3-10H,1-2H3,(H,20,22)(H,21,23)(H,24,25)/b19-10-. The summed E-state index contributed by atoms with van der Waals surface area (Å²) < 4.78 is 10.2. The van der Waals surface area contributed by atoms with E-state index in [2.05, 4.69) is 10.4 Å². The number of nitrogens with one attached hydrogen (secondary N) is 2. The maximum Gasteiger partial charge on any atom is 0.336 e. The fourth-order valence-electron chi connectivity index (χ4n) is 2.11. The SMILES string of the molecule is COc1ccc(OC)c(NC(=O)C(=O)N/N=C\c2ccccc2C(=O)O)c1. The molecule has 0 aromatic heterocycles. The van der Waals surface area contributed by atoms with Gasteiger partial charge in [-0.2, -0.15) is 5.10 Å². The second-order valence-corrected chi connectivity index (χ2v) is 5.11. The van der Waals surface area contributed by atoms with Crippen molar-refractivity contribution in [3.05, 3.63) is 53.6 Å². The van der Waals surface area contributed by atoms with Crippen LogP contribution in [0.5, 0.6) is 11.5 Å². The highest BCUT2D eigenvalue weighted by Crippen LogP contribution is 2.28. The van der Waals surface area contributed by atoms with Crippen LogP contribution in [0.3, 0.4) is 0 Å². The van der Waals surface area contributed by atoms with E-state index >= 15 is 0 Å². The highest BCUT2D eigenvalue weighted by molar-refractivity contribution is 6.39.